The van der Waals surface area contributed by atoms with E-state index in [0.29, 0.717) is 24.4 Å². The molecule has 0 aliphatic heterocycles. The first-order valence-corrected chi connectivity index (χ1v) is 12.6. The predicted octanol–water partition coefficient (Wildman–Crippen LogP) is 4.39. The quantitative estimate of drug-likeness (QED) is 0.475. The number of amides is 1. The van der Waals surface area contributed by atoms with Crippen LogP contribution in [-0.4, -0.2) is 33.7 Å². The van der Waals surface area contributed by atoms with Crippen molar-refractivity contribution in [3.8, 4) is 5.75 Å². The van der Waals surface area contributed by atoms with Gasteiger partial charge in [0, 0.05) is 5.56 Å². The van der Waals surface area contributed by atoms with Crippen molar-refractivity contribution in [3.63, 3.8) is 0 Å². The third kappa shape index (κ3) is 6.58. The minimum atomic E-state index is -3.49. The highest BCUT2D eigenvalue weighted by Crippen LogP contribution is 2.28. The Morgan fingerprint density at radius 2 is 1.52 bits per heavy atom. The van der Waals surface area contributed by atoms with Crippen LogP contribution in [0.25, 0.3) is 0 Å². The lowest BCUT2D eigenvalue weighted by atomic mass is 10.1. The van der Waals surface area contributed by atoms with Gasteiger partial charge in [-0.25, -0.2) is 8.42 Å². The van der Waals surface area contributed by atoms with Gasteiger partial charge in [-0.1, -0.05) is 48.0 Å². The number of aryl methyl sites for hydroxylation is 3. The first-order valence-electron chi connectivity index (χ1n) is 10.8. The molecule has 0 saturated carbocycles. The van der Waals surface area contributed by atoms with Crippen LogP contribution in [0.5, 0.6) is 5.75 Å². The van der Waals surface area contributed by atoms with Crippen molar-refractivity contribution in [2.75, 3.05) is 23.7 Å². The Bertz CT molecular complexity index is 1180. The molecule has 0 saturated heterocycles. The smallest absolute Gasteiger partial charge is 0.251 e. The number of anilines is 1. The average molecular weight is 467 g/mol. The predicted molar refractivity (Wildman–Crippen MR) is 132 cm³/mol. The van der Waals surface area contributed by atoms with Gasteiger partial charge in [-0.05, 0) is 61.7 Å². The molecule has 33 heavy (non-hydrogen) atoms. The maximum atomic E-state index is 12.5. The average Bonchev–Trinajstić information content (AvgIpc) is 2.77. The minimum Gasteiger partial charge on any atom is -0.492 e. The molecule has 0 fully saturated rings. The van der Waals surface area contributed by atoms with Crippen LogP contribution in [0.4, 0.5) is 5.69 Å². The molecule has 3 aromatic carbocycles. The van der Waals surface area contributed by atoms with E-state index in [1.165, 1.54) is 10.6 Å². The van der Waals surface area contributed by atoms with Crippen LogP contribution in [0.1, 0.15) is 32.6 Å². The van der Waals surface area contributed by atoms with Crippen LogP contribution in [0.2, 0.25) is 0 Å². The summed E-state index contributed by atoms with van der Waals surface area (Å²) in [6.45, 7) is 6.75. The summed E-state index contributed by atoms with van der Waals surface area (Å²) in [6, 6.07) is 20.4. The number of nitrogens with one attached hydrogen (secondary N) is 1. The van der Waals surface area contributed by atoms with Crippen molar-refractivity contribution >= 4 is 21.6 Å². The number of benzene rings is 3. The SMILES string of the molecule is Cc1ccc(OCCNC(=O)c2ccc(CN(c3c(C)cccc3C)S(C)(=O)=O)cc2)cc1. The molecule has 174 valence electrons. The van der Waals surface area contributed by atoms with E-state index in [4.69, 9.17) is 4.74 Å². The van der Waals surface area contributed by atoms with Crippen molar-refractivity contribution in [2.24, 2.45) is 0 Å². The fourth-order valence-corrected chi connectivity index (χ4v) is 4.56. The topological polar surface area (TPSA) is 75.7 Å². The summed E-state index contributed by atoms with van der Waals surface area (Å²) < 4.78 is 32.1. The third-order valence-corrected chi connectivity index (χ3v) is 6.42. The second kappa shape index (κ2) is 10.5. The van der Waals surface area contributed by atoms with Crippen LogP contribution in [0.15, 0.2) is 66.7 Å². The largest absolute Gasteiger partial charge is 0.492 e. The number of para-hydroxylation sites is 1. The number of rotatable bonds is 9. The Balaban J connectivity index is 1.61. The van der Waals surface area contributed by atoms with Gasteiger partial charge < -0.3 is 10.1 Å². The molecule has 0 aromatic heterocycles. The third-order valence-electron chi connectivity index (χ3n) is 5.31. The molecule has 3 aromatic rings. The summed E-state index contributed by atoms with van der Waals surface area (Å²) in [6.07, 6.45) is 1.21. The van der Waals surface area contributed by atoms with Gasteiger partial charge in [0.2, 0.25) is 10.0 Å². The molecular formula is C26H30N2O4S. The van der Waals surface area contributed by atoms with E-state index in [0.717, 1.165) is 28.0 Å². The number of nitrogens with zero attached hydrogens (tertiary/aromatic N) is 1. The van der Waals surface area contributed by atoms with Crippen molar-refractivity contribution in [3.05, 3.63) is 94.5 Å². The first-order chi connectivity index (χ1) is 15.6. The Labute approximate surface area is 196 Å². The van der Waals surface area contributed by atoms with Gasteiger partial charge >= 0.3 is 0 Å². The highest BCUT2D eigenvalue weighted by molar-refractivity contribution is 7.92. The highest BCUT2D eigenvalue weighted by Gasteiger charge is 2.21. The molecule has 1 amide bonds. The van der Waals surface area contributed by atoms with Crippen LogP contribution < -0.4 is 14.4 Å². The second-order valence-corrected chi connectivity index (χ2v) is 10.0. The second-order valence-electron chi connectivity index (χ2n) is 8.12. The van der Waals surface area contributed by atoms with E-state index in [-0.39, 0.29) is 12.5 Å². The van der Waals surface area contributed by atoms with Gasteiger partial charge in [-0.3, -0.25) is 9.10 Å². The van der Waals surface area contributed by atoms with E-state index in [9.17, 15) is 13.2 Å². The Morgan fingerprint density at radius 1 is 0.909 bits per heavy atom. The Kier molecular flexibility index (Phi) is 7.76. The molecule has 1 N–H and O–H groups in total. The molecule has 0 radical (unpaired) electrons. The normalized spacial score (nSPS) is 11.2. The molecular weight excluding hydrogens is 436 g/mol. The number of hydrogen-bond acceptors (Lipinski definition) is 4. The molecule has 0 aliphatic carbocycles. The van der Waals surface area contributed by atoms with Crippen LogP contribution in [-0.2, 0) is 16.6 Å². The Morgan fingerprint density at radius 3 is 2.09 bits per heavy atom. The van der Waals surface area contributed by atoms with Crippen molar-refractivity contribution in [2.45, 2.75) is 27.3 Å². The number of ether oxygens (including phenoxy) is 1. The van der Waals surface area contributed by atoms with Gasteiger partial charge in [-0.15, -0.1) is 0 Å². The maximum absolute atomic E-state index is 12.5. The van der Waals surface area contributed by atoms with Gasteiger partial charge in [0.05, 0.1) is 25.0 Å². The van der Waals surface area contributed by atoms with E-state index in [1.54, 1.807) is 24.3 Å². The van der Waals surface area contributed by atoms with Crippen LogP contribution >= 0.6 is 0 Å². The van der Waals surface area contributed by atoms with E-state index >= 15 is 0 Å². The first kappa shape index (κ1) is 24.3. The fourth-order valence-electron chi connectivity index (χ4n) is 3.56. The monoisotopic (exact) mass is 466 g/mol. The lowest BCUT2D eigenvalue weighted by Crippen LogP contribution is -2.31. The molecule has 0 heterocycles. The lowest BCUT2D eigenvalue weighted by molar-refractivity contribution is 0.0947. The zero-order valence-electron chi connectivity index (χ0n) is 19.5. The summed E-state index contributed by atoms with van der Waals surface area (Å²) in [7, 11) is -3.49. The fraction of sp³-hybridized carbons (Fsp3) is 0.269. The summed E-state index contributed by atoms with van der Waals surface area (Å²) in [5.74, 6) is 0.558. The molecule has 0 atom stereocenters. The summed E-state index contributed by atoms with van der Waals surface area (Å²) >= 11 is 0. The minimum absolute atomic E-state index is 0.191. The van der Waals surface area contributed by atoms with E-state index in [1.807, 2.05) is 63.2 Å². The Hall–Kier alpha value is -3.32. The number of hydrogen-bond donors (Lipinski definition) is 1. The molecule has 0 unspecified atom stereocenters. The van der Waals surface area contributed by atoms with Crippen molar-refractivity contribution < 1.29 is 17.9 Å². The van der Waals surface area contributed by atoms with Crippen molar-refractivity contribution in [1.29, 1.82) is 0 Å². The summed E-state index contributed by atoms with van der Waals surface area (Å²) in [5, 5.41) is 2.84. The van der Waals surface area contributed by atoms with Crippen LogP contribution in [0.3, 0.4) is 0 Å². The number of carbonyl (C=O) groups is 1. The molecule has 7 heteroatoms. The molecule has 6 nitrogen and oxygen atoms in total. The number of sulfonamides is 1. The summed E-state index contributed by atoms with van der Waals surface area (Å²) in [4.78, 5) is 12.4. The van der Waals surface area contributed by atoms with E-state index in [2.05, 4.69) is 5.32 Å². The molecule has 3 rings (SSSR count). The molecule has 0 aliphatic rings. The zero-order valence-corrected chi connectivity index (χ0v) is 20.3. The van der Waals surface area contributed by atoms with Gasteiger partial charge in [-0.2, -0.15) is 0 Å². The highest BCUT2D eigenvalue weighted by atomic mass is 32.2. The van der Waals surface area contributed by atoms with Crippen molar-refractivity contribution in [1.82, 2.24) is 5.32 Å². The van der Waals surface area contributed by atoms with Gasteiger partial charge in [0.1, 0.15) is 12.4 Å². The van der Waals surface area contributed by atoms with Gasteiger partial charge in [0.25, 0.3) is 5.91 Å². The standard InChI is InChI=1S/C26H30N2O4S/c1-19-8-14-24(15-9-19)32-17-16-27-26(29)23-12-10-22(11-13-23)18-28(33(4,30)31)25-20(2)6-5-7-21(25)3/h5-15H,16-18H2,1-4H3,(H,27,29). The zero-order chi connectivity index (χ0) is 24.0. The lowest BCUT2D eigenvalue weighted by Gasteiger charge is -2.26. The van der Waals surface area contributed by atoms with Crippen LogP contribution in [0, 0.1) is 20.8 Å². The molecule has 0 spiro atoms. The van der Waals surface area contributed by atoms with Gasteiger partial charge in [0.15, 0.2) is 0 Å². The number of carbonyl (C=O) groups excluding carboxylic acids is 1. The maximum Gasteiger partial charge on any atom is 0.251 e. The van der Waals surface area contributed by atoms with E-state index < -0.39 is 10.0 Å². The molecule has 0 bridgehead atoms. The summed E-state index contributed by atoms with van der Waals surface area (Å²) in [5.41, 5.74) is 4.94.